The molecule has 1 aromatic heterocycles. The van der Waals surface area contributed by atoms with E-state index in [-0.39, 0.29) is 5.92 Å². The van der Waals surface area contributed by atoms with Crippen molar-refractivity contribution in [3.63, 3.8) is 0 Å². The van der Waals surface area contributed by atoms with E-state index in [9.17, 15) is 4.79 Å². The molecule has 2 atom stereocenters. The average Bonchev–Trinajstić information content (AvgIpc) is 3.12. The van der Waals surface area contributed by atoms with Crippen molar-refractivity contribution < 1.29 is 9.32 Å². The van der Waals surface area contributed by atoms with Crippen molar-refractivity contribution in [3.05, 3.63) is 35.7 Å². The lowest BCUT2D eigenvalue weighted by Crippen LogP contribution is -2.17. The summed E-state index contributed by atoms with van der Waals surface area (Å²) < 4.78 is 5.50. The molecule has 5 heteroatoms. The standard InChI is InChI=1S/C20H23N3O2/c1-2-5-18(24)12-14-6-3-9-17(10-14)20-22-19(23-25-20)16-8-4-7-15(11-16)13-21/h4,7-8,11,14,17H,2-3,5-6,9-10,12H2,1H3. The highest BCUT2D eigenvalue weighted by molar-refractivity contribution is 5.78. The SMILES string of the molecule is CCCC(=O)CC1CCCC(c2nc(-c3cccc(C#N)c3)no2)C1. The quantitative estimate of drug-likeness (QED) is 0.767. The molecule has 1 aromatic carbocycles. The Kier molecular flexibility index (Phi) is 5.60. The summed E-state index contributed by atoms with van der Waals surface area (Å²) in [6, 6.07) is 9.34. The molecule has 0 N–H and O–H groups in total. The van der Waals surface area contributed by atoms with Crippen LogP contribution in [0.2, 0.25) is 0 Å². The molecule has 2 unspecified atom stereocenters. The van der Waals surface area contributed by atoms with Gasteiger partial charge in [-0.1, -0.05) is 30.6 Å². The van der Waals surface area contributed by atoms with Crippen molar-refractivity contribution in [2.45, 2.75) is 57.8 Å². The number of hydrogen-bond donors (Lipinski definition) is 0. The van der Waals surface area contributed by atoms with Gasteiger partial charge in [0.25, 0.3) is 0 Å². The molecule has 1 aliphatic carbocycles. The predicted octanol–water partition coefficient (Wildman–Crippen LogP) is 4.64. The molecule has 5 nitrogen and oxygen atoms in total. The number of Topliss-reactive ketones (excluding diaryl/α,β-unsaturated/α-hetero) is 1. The van der Waals surface area contributed by atoms with Crippen LogP contribution < -0.4 is 0 Å². The lowest BCUT2D eigenvalue weighted by molar-refractivity contribution is -0.120. The zero-order valence-electron chi connectivity index (χ0n) is 14.6. The van der Waals surface area contributed by atoms with Crippen LogP contribution in [-0.4, -0.2) is 15.9 Å². The van der Waals surface area contributed by atoms with E-state index in [4.69, 9.17) is 9.78 Å². The fraction of sp³-hybridized carbons (Fsp3) is 0.500. The second-order valence-corrected chi connectivity index (χ2v) is 6.87. The molecule has 1 fully saturated rings. The van der Waals surface area contributed by atoms with Gasteiger partial charge >= 0.3 is 0 Å². The maximum Gasteiger partial charge on any atom is 0.230 e. The van der Waals surface area contributed by atoms with E-state index in [1.807, 2.05) is 19.1 Å². The smallest absolute Gasteiger partial charge is 0.230 e. The Balaban J connectivity index is 1.69. The van der Waals surface area contributed by atoms with Crippen LogP contribution in [0.5, 0.6) is 0 Å². The van der Waals surface area contributed by atoms with Crippen LogP contribution in [0.15, 0.2) is 28.8 Å². The second kappa shape index (κ2) is 8.06. The predicted molar refractivity (Wildman–Crippen MR) is 93.7 cm³/mol. The number of ketones is 1. The molecule has 0 amide bonds. The van der Waals surface area contributed by atoms with Crippen LogP contribution in [0.1, 0.15) is 69.2 Å². The van der Waals surface area contributed by atoms with Gasteiger partial charge in [0.15, 0.2) is 0 Å². The lowest BCUT2D eigenvalue weighted by atomic mass is 9.79. The highest BCUT2D eigenvalue weighted by Crippen LogP contribution is 2.37. The first kappa shape index (κ1) is 17.3. The fourth-order valence-electron chi connectivity index (χ4n) is 3.65. The van der Waals surface area contributed by atoms with Gasteiger partial charge in [-0.05, 0) is 43.7 Å². The highest BCUT2D eigenvalue weighted by atomic mass is 16.5. The highest BCUT2D eigenvalue weighted by Gasteiger charge is 2.28. The summed E-state index contributed by atoms with van der Waals surface area (Å²) >= 11 is 0. The first-order valence-corrected chi connectivity index (χ1v) is 9.05. The maximum atomic E-state index is 11.9. The van der Waals surface area contributed by atoms with Crippen LogP contribution in [0.25, 0.3) is 11.4 Å². The number of carbonyl (C=O) groups is 1. The van der Waals surface area contributed by atoms with E-state index in [1.165, 1.54) is 0 Å². The van der Waals surface area contributed by atoms with Gasteiger partial charge < -0.3 is 4.52 Å². The second-order valence-electron chi connectivity index (χ2n) is 6.87. The van der Waals surface area contributed by atoms with Crippen LogP contribution >= 0.6 is 0 Å². The number of carbonyl (C=O) groups excluding carboxylic acids is 1. The van der Waals surface area contributed by atoms with E-state index in [1.54, 1.807) is 12.1 Å². The van der Waals surface area contributed by atoms with Gasteiger partial charge in [-0.25, -0.2) is 0 Å². The molecule has 0 saturated heterocycles. The summed E-state index contributed by atoms with van der Waals surface area (Å²) in [4.78, 5) is 16.5. The molecule has 3 rings (SSSR count). The molecule has 2 aromatic rings. The van der Waals surface area contributed by atoms with Crippen LogP contribution in [-0.2, 0) is 4.79 Å². The molecule has 0 radical (unpaired) electrons. The van der Waals surface area contributed by atoms with Crippen molar-refractivity contribution >= 4 is 5.78 Å². The molecule has 1 heterocycles. The molecule has 25 heavy (non-hydrogen) atoms. The largest absolute Gasteiger partial charge is 0.339 e. The van der Waals surface area contributed by atoms with Gasteiger partial charge in [0, 0.05) is 24.3 Å². The number of benzene rings is 1. The van der Waals surface area contributed by atoms with Crippen molar-refractivity contribution in [3.8, 4) is 17.5 Å². The molecular weight excluding hydrogens is 314 g/mol. The van der Waals surface area contributed by atoms with Crippen molar-refractivity contribution in [1.82, 2.24) is 10.1 Å². The number of aromatic nitrogens is 2. The first-order valence-electron chi connectivity index (χ1n) is 9.05. The number of rotatable bonds is 6. The molecule has 1 aliphatic rings. The van der Waals surface area contributed by atoms with Gasteiger partial charge in [0.2, 0.25) is 11.7 Å². The summed E-state index contributed by atoms with van der Waals surface area (Å²) in [5, 5.41) is 13.1. The Hall–Kier alpha value is -2.48. The van der Waals surface area contributed by atoms with Crippen molar-refractivity contribution in [2.75, 3.05) is 0 Å². The van der Waals surface area contributed by atoms with Gasteiger partial charge in [-0.15, -0.1) is 0 Å². The monoisotopic (exact) mass is 337 g/mol. The third-order valence-electron chi connectivity index (χ3n) is 4.87. The third-order valence-corrected chi connectivity index (χ3v) is 4.87. The zero-order valence-corrected chi connectivity index (χ0v) is 14.6. The van der Waals surface area contributed by atoms with E-state index in [0.717, 1.165) is 37.7 Å². The Morgan fingerprint density at radius 3 is 3.08 bits per heavy atom. The van der Waals surface area contributed by atoms with Gasteiger partial charge in [0.1, 0.15) is 5.78 Å². The lowest BCUT2D eigenvalue weighted by Gasteiger charge is -2.26. The van der Waals surface area contributed by atoms with Gasteiger partial charge in [0.05, 0.1) is 11.6 Å². The molecule has 130 valence electrons. The van der Waals surface area contributed by atoms with Gasteiger partial charge in [-0.2, -0.15) is 10.2 Å². The molecule has 0 bridgehead atoms. The van der Waals surface area contributed by atoms with Crippen molar-refractivity contribution in [2.24, 2.45) is 5.92 Å². The fourth-order valence-corrected chi connectivity index (χ4v) is 3.65. The van der Waals surface area contributed by atoms with Crippen molar-refractivity contribution in [1.29, 1.82) is 5.26 Å². The van der Waals surface area contributed by atoms with Crippen LogP contribution in [0.3, 0.4) is 0 Å². The molecule has 1 saturated carbocycles. The average molecular weight is 337 g/mol. The number of hydrogen-bond acceptors (Lipinski definition) is 5. The minimum Gasteiger partial charge on any atom is -0.339 e. The van der Waals surface area contributed by atoms with Gasteiger partial charge in [-0.3, -0.25) is 4.79 Å². The molecule has 0 aliphatic heterocycles. The number of nitrogens with zero attached hydrogens (tertiary/aromatic N) is 3. The number of nitriles is 1. The molecular formula is C20H23N3O2. The maximum absolute atomic E-state index is 11.9. The molecule has 0 spiro atoms. The minimum atomic E-state index is 0.230. The summed E-state index contributed by atoms with van der Waals surface area (Å²) in [5.41, 5.74) is 1.37. The van der Waals surface area contributed by atoms with Crippen LogP contribution in [0.4, 0.5) is 0 Å². The summed E-state index contributed by atoms with van der Waals surface area (Å²) in [6.07, 6.45) is 6.45. The van der Waals surface area contributed by atoms with E-state index in [2.05, 4.69) is 16.2 Å². The minimum absolute atomic E-state index is 0.230. The summed E-state index contributed by atoms with van der Waals surface area (Å²) in [6.45, 7) is 2.04. The van der Waals surface area contributed by atoms with E-state index in [0.29, 0.717) is 41.8 Å². The topological polar surface area (TPSA) is 79.8 Å². The van der Waals surface area contributed by atoms with Crippen LogP contribution in [0, 0.1) is 17.2 Å². The zero-order chi connectivity index (χ0) is 17.6. The normalized spacial score (nSPS) is 20.2. The summed E-state index contributed by atoms with van der Waals surface area (Å²) in [7, 11) is 0. The Morgan fingerprint density at radius 1 is 1.40 bits per heavy atom. The van der Waals surface area contributed by atoms with E-state index >= 15 is 0 Å². The Labute approximate surface area is 148 Å². The summed E-state index contributed by atoms with van der Waals surface area (Å²) in [5.74, 6) is 2.21. The third kappa shape index (κ3) is 4.33. The Bertz CT molecular complexity index is 775. The Morgan fingerprint density at radius 2 is 2.28 bits per heavy atom. The van der Waals surface area contributed by atoms with E-state index < -0.39 is 0 Å². The first-order chi connectivity index (χ1) is 12.2.